The fraction of sp³-hybridized carbons (Fsp3) is 0.400. The normalized spacial score (nSPS) is 22.3. The maximum absolute atomic E-state index is 12.7. The molecular weight excluding hydrogens is 392 g/mol. The first-order valence-corrected chi connectivity index (χ1v) is 10.4. The maximum atomic E-state index is 12.7. The molecule has 0 bridgehead atoms. The Balaban J connectivity index is 1.48. The van der Waals surface area contributed by atoms with Crippen LogP contribution in [0, 0.1) is 6.92 Å². The molecule has 9 heteroatoms. The Morgan fingerprint density at radius 3 is 2.90 bits per heavy atom. The van der Waals surface area contributed by atoms with Crippen molar-refractivity contribution < 1.29 is 19.1 Å². The topological polar surface area (TPSA) is 101 Å². The predicted molar refractivity (Wildman–Crippen MR) is 108 cm³/mol. The highest BCUT2D eigenvalue weighted by Gasteiger charge is 2.43. The first kappa shape index (κ1) is 19.4. The summed E-state index contributed by atoms with van der Waals surface area (Å²) in [6, 6.07) is 6.40. The number of aromatic nitrogens is 1. The lowest BCUT2D eigenvalue weighted by atomic mass is 10.0. The van der Waals surface area contributed by atoms with Crippen LogP contribution in [0.15, 0.2) is 29.6 Å². The van der Waals surface area contributed by atoms with E-state index in [1.807, 2.05) is 18.4 Å². The number of hydrogen-bond donors (Lipinski definition) is 2. The van der Waals surface area contributed by atoms with E-state index in [0.29, 0.717) is 35.8 Å². The van der Waals surface area contributed by atoms with Gasteiger partial charge < -0.3 is 20.3 Å². The van der Waals surface area contributed by atoms with E-state index in [1.54, 1.807) is 30.0 Å². The van der Waals surface area contributed by atoms with Crippen LogP contribution in [-0.4, -0.2) is 45.9 Å². The molecular formula is C20H22N4O4S. The number of nitrogens with one attached hydrogen (secondary N) is 2. The monoisotopic (exact) mass is 414 g/mol. The third-order valence-electron chi connectivity index (χ3n) is 5.29. The zero-order valence-corrected chi connectivity index (χ0v) is 17.0. The lowest BCUT2D eigenvalue weighted by Crippen LogP contribution is -2.56. The van der Waals surface area contributed by atoms with Gasteiger partial charge in [-0.25, -0.2) is 4.98 Å². The molecule has 2 unspecified atom stereocenters. The lowest BCUT2D eigenvalue weighted by Gasteiger charge is -2.38. The third-order valence-corrected chi connectivity index (χ3v) is 6.17. The standard InChI is InChI=1S/C20H22N4O4S/c1-12-11-29-19(21-12)22-17(26)13(2)24-10-9-20(8-7-16(24)25)23-18(27)14-5-3-4-6-15(14)28-20/h3-6,11,13H,7-10H2,1-2H3,(H,23,27)(H,21,22,26). The Kier molecular flexibility index (Phi) is 4.99. The Labute approximate surface area is 172 Å². The van der Waals surface area contributed by atoms with Crippen molar-refractivity contribution in [2.24, 2.45) is 0 Å². The molecule has 1 saturated heterocycles. The summed E-state index contributed by atoms with van der Waals surface area (Å²) in [5.74, 6) is -0.126. The van der Waals surface area contributed by atoms with Gasteiger partial charge in [0.25, 0.3) is 5.91 Å². The number of ether oxygens (including phenoxy) is 1. The Morgan fingerprint density at radius 1 is 1.34 bits per heavy atom. The summed E-state index contributed by atoms with van der Waals surface area (Å²) >= 11 is 1.34. The van der Waals surface area contributed by atoms with Gasteiger partial charge in [0.1, 0.15) is 11.8 Å². The van der Waals surface area contributed by atoms with Crippen LogP contribution in [0.5, 0.6) is 5.75 Å². The SMILES string of the molecule is Cc1csc(NC(=O)C(C)N2CCC3(CCC2=O)NC(=O)c2ccccc2O3)n1. The number of nitrogens with zero attached hydrogens (tertiary/aromatic N) is 2. The number of thiazole rings is 1. The summed E-state index contributed by atoms with van der Waals surface area (Å²) in [6.07, 6.45) is 0.922. The van der Waals surface area contributed by atoms with Gasteiger partial charge in [0.05, 0.1) is 11.3 Å². The Morgan fingerprint density at radius 2 is 2.14 bits per heavy atom. The molecule has 1 spiro atoms. The number of anilines is 1. The summed E-state index contributed by atoms with van der Waals surface area (Å²) in [5, 5.41) is 8.06. The molecule has 2 aliphatic rings. The molecule has 8 nitrogen and oxygen atoms in total. The van der Waals surface area contributed by atoms with Crippen molar-refractivity contribution in [3.63, 3.8) is 0 Å². The number of carbonyl (C=O) groups excluding carboxylic acids is 3. The van der Waals surface area contributed by atoms with Crippen molar-refractivity contribution in [3.05, 3.63) is 40.9 Å². The Bertz CT molecular complexity index is 975. The van der Waals surface area contributed by atoms with Crippen LogP contribution in [0.4, 0.5) is 5.13 Å². The van der Waals surface area contributed by atoms with Gasteiger partial charge in [0.2, 0.25) is 11.8 Å². The number of para-hydroxylation sites is 1. The molecule has 0 aliphatic carbocycles. The third kappa shape index (κ3) is 3.82. The number of aryl methyl sites for hydroxylation is 1. The van der Waals surface area contributed by atoms with Crippen molar-refractivity contribution >= 4 is 34.2 Å². The largest absolute Gasteiger partial charge is 0.467 e. The number of likely N-dealkylation sites (tertiary alicyclic amines) is 1. The van der Waals surface area contributed by atoms with Crippen LogP contribution < -0.4 is 15.4 Å². The van der Waals surface area contributed by atoms with Crippen LogP contribution in [0.1, 0.15) is 42.2 Å². The highest BCUT2D eigenvalue weighted by Crippen LogP contribution is 2.34. The van der Waals surface area contributed by atoms with Gasteiger partial charge >= 0.3 is 0 Å². The van der Waals surface area contributed by atoms with E-state index in [9.17, 15) is 14.4 Å². The summed E-state index contributed by atoms with van der Waals surface area (Å²) in [6.45, 7) is 3.85. The molecule has 2 aromatic rings. The maximum Gasteiger partial charge on any atom is 0.258 e. The quantitative estimate of drug-likeness (QED) is 0.803. The van der Waals surface area contributed by atoms with Crippen LogP contribution in [0.2, 0.25) is 0 Å². The average Bonchev–Trinajstić information content (AvgIpc) is 3.04. The van der Waals surface area contributed by atoms with Crippen molar-refractivity contribution in [2.75, 3.05) is 11.9 Å². The van der Waals surface area contributed by atoms with Crippen molar-refractivity contribution in [1.29, 1.82) is 0 Å². The van der Waals surface area contributed by atoms with E-state index in [4.69, 9.17) is 4.74 Å². The van der Waals surface area contributed by atoms with E-state index >= 15 is 0 Å². The minimum absolute atomic E-state index is 0.142. The highest BCUT2D eigenvalue weighted by atomic mass is 32.1. The van der Waals surface area contributed by atoms with E-state index in [1.165, 1.54) is 11.3 Å². The van der Waals surface area contributed by atoms with Crippen molar-refractivity contribution in [3.8, 4) is 5.75 Å². The van der Waals surface area contributed by atoms with Gasteiger partial charge in [-0.2, -0.15) is 0 Å². The molecule has 152 valence electrons. The molecule has 2 N–H and O–H groups in total. The number of fused-ring (bicyclic) bond motifs is 1. The number of benzene rings is 1. The molecule has 3 amide bonds. The minimum atomic E-state index is -0.946. The average molecular weight is 414 g/mol. The predicted octanol–water partition coefficient (Wildman–Crippen LogP) is 2.31. The van der Waals surface area contributed by atoms with Gasteiger partial charge in [-0.3, -0.25) is 14.4 Å². The second-order valence-electron chi connectivity index (χ2n) is 7.34. The summed E-state index contributed by atoms with van der Waals surface area (Å²) in [7, 11) is 0. The summed E-state index contributed by atoms with van der Waals surface area (Å²) < 4.78 is 6.13. The molecule has 0 saturated carbocycles. The lowest BCUT2D eigenvalue weighted by molar-refractivity contribution is -0.137. The zero-order valence-electron chi connectivity index (χ0n) is 16.2. The van der Waals surface area contributed by atoms with E-state index < -0.39 is 11.8 Å². The second kappa shape index (κ2) is 7.47. The minimum Gasteiger partial charge on any atom is -0.467 e. The van der Waals surface area contributed by atoms with Crippen LogP contribution in [0.3, 0.4) is 0 Å². The van der Waals surface area contributed by atoms with Crippen molar-refractivity contribution in [2.45, 2.75) is 44.9 Å². The van der Waals surface area contributed by atoms with E-state index in [0.717, 1.165) is 5.69 Å². The van der Waals surface area contributed by atoms with Crippen LogP contribution in [-0.2, 0) is 9.59 Å². The second-order valence-corrected chi connectivity index (χ2v) is 8.20. The molecule has 29 heavy (non-hydrogen) atoms. The molecule has 1 aromatic carbocycles. The molecule has 2 atom stereocenters. The van der Waals surface area contributed by atoms with Gasteiger partial charge in [0.15, 0.2) is 10.9 Å². The molecule has 2 aliphatic heterocycles. The van der Waals surface area contributed by atoms with Crippen LogP contribution >= 0.6 is 11.3 Å². The smallest absolute Gasteiger partial charge is 0.258 e. The molecule has 3 heterocycles. The number of amides is 3. The van der Waals surface area contributed by atoms with E-state index in [-0.39, 0.29) is 24.1 Å². The summed E-state index contributed by atoms with van der Waals surface area (Å²) in [4.78, 5) is 43.7. The molecule has 4 rings (SSSR count). The highest BCUT2D eigenvalue weighted by molar-refractivity contribution is 7.13. The first-order chi connectivity index (χ1) is 13.9. The fourth-order valence-electron chi connectivity index (χ4n) is 3.66. The number of hydrogen-bond acceptors (Lipinski definition) is 6. The van der Waals surface area contributed by atoms with Gasteiger partial charge in [-0.05, 0) is 26.0 Å². The molecule has 0 radical (unpaired) electrons. The van der Waals surface area contributed by atoms with E-state index in [2.05, 4.69) is 15.6 Å². The van der Waals surface area contributed by atoms with Gasteiger partial charge in [0, 0.05) is 31.2 Å². The van der Waals surface area contributed by atoms with Gasteiger partial charge in [-0.15, -0.1) is 11.3 Å². The Hall–Kier alpha value is -2.94. The first-order valence-electron chi connectivity index (χ1n) is 9.50. The number of rotatable bonds is 3. The fourth-order valence-corrected chi connectivity index (χ4v) is 4.35. The van der Waals surface area contributed by atoms with Crippen molar-refractivity contribution in [1.82, 2.24) is 15.2 Å². The zero-order chi connectivity index (χ0) is 20.6. The van der Waals surface area contributed by atoms with Crippen LogP contribution in [0.25, 0.3) is 0 Å². The number of carbonyl (C=O) groups is 3. The molecule has 1 aromatic heterocycles. The summed E-state index contributed by atoms with van der Waals surface area (Å²) in [5.41, 5.74) is 0.367. The van der Waals surface area contributed by atoms with Gasteiger partial charge in [-0.1, -0.05) is 12.1 Å². The molecule has 1 fully saturated rings.